The molecule has 2 aromatic heterocycles. The van der Waals surface area contributed by atoms with Crippen LogP contribution in [-0.2, 0) is 32.7 Å². The summed E-state index contributed by atoms with van der Waals surface area (Å²) in [6.07, 6.45) is 3.97. The third-order valence-electron chi connectivity index (χ3n) is 7.73. The molecule has 3 aliphatic rings. The van der Waals surface area contributed by atoms with Crippen LogP contribution in [0.3, 0.4) is 0 Å². The molecule has 0 saturated carbocycles. The van der Waals surface area contributed by atoms with Crippen molar-refractivity contribution in [2.45, 2.75) is 38.4 Å². The third-order valence-corrected chi connectivity index (χ3v) is 11.0. The van der Waals surface area contributed by atoms with Crippen LogP contribution in [0.4, 0.5) is 0 Å². The third kappa shape index (κ3) is 5.44. The van der Waals surface area contributed by atoms with Gasteiger partial charge in [0.2, 0.25) is 5.91 Å². The molecule has 14 heteroatoms. The van der Waals surface area contributed by atoms with E-state index in [1.165, 1.54) is 19.6 Å². The molecular formula is C26H31BrN6O5S2. The number of carbonyl (C=O) groups is 2. The van der Waals surface area contributed by atoms with E-state index >= 15 is 0 Å². The van der Waals surface area contributed by atoms with Crippen LogP contribution in [0.25, 0.3) is 10.8 Å². The number of ether oxygens (including phenoxy) is 1. The molecule has 214 valence electrons. The van der Waals surface area contributed by atoms with Crippen molar-refractivity contribution in [1.29, 1.82) is 0 Å². The number of nitrogens with one attached hydrogen (secondary N) is 1. The van der Waals surface area contributed by atoms with Gasteiger partial charge < -0.3 is 19.9 Å². The summed E-state index contributed by atoms with van der Waals surface area (Å²) in [5, 5.41) is 5.39. The standard InChI is InChI=1S/C26H31BrN6O5S2/c1-17-10-22-23(13-28-17)39-25(29-22)26(35)33-5-4-31(16-21(33)12-24(34)30-6-8-38-9-7-30)40(36,37)32-14-18-2-3-20(27)11-19(18)15-32/h2-3,11,14-15,17,21,28H,4-10,12-13,16H2,1H3. The van der Waals surface area contributed by atoms with Crippen molar-refractivity contribution in [2.24, 2.45) is 0 Å². The molecule has 1 aromatic carbocycles. The molecule has 6 rings (SSSR count). The van der Waals surface area contributed by atoms with E-state index in [1.54, 1.807) is 22.2 Å². The number of thiazole rings is 1. The van der Waals surface area contributed by atoms with Gasteiger partial charge in [-0.05, 0) is 19.1 Å². The fourth-order valence-corrected chi connectivity index (χ4v) is 8.31. The van der Waals surface area contributed by atoms with Crippen LogP contribution < -0.4 is 5.32 Å². The SMILES string of the molecule is CC1Cc2nc(C(=O)N3CCN(S(=O)(=O)n4cc5ccc(Br)cc5c4)CC3CC(=O)N3CCOCC3)sc2CN1. The normalized spacial score (nSPS) is 22.4. The average molecular weight is 652 g/mol. The maximum atomic E-state index is 13.8. The summed E-state index contributed by atoms with van der Waals surface area (Å²) in [7, 11) is -3.92. The highest BCUT2D eigenvalue weighted by atomic mass is 79.9. The highest BCUT2D eigenvalue weighted by Gasteiger charge is 2.39. The molecule has 1 N–H and O–H groups in total. The predicted octanol–water partition coefficient (Wildman–Crippen LogP) is 2.06. The number of nitrogens with zero attached hydrogens (tertiary/aromatic N) is 5. The number of benzene rings is 1. The highest BCUT2D eigenvalue weighted by molar-refractivity contribution is 9.10. The van der Waals surface area contributed by atoms with Crippen LogP contribution in [0.15, 0.2) is 35.1 Å². The van der Waals surface area contributed by atoms with Gasteiger partial charge in [-0.2, -0.15) is 12.7 Å². The smallest absolute Gasteiger partial charge is 0.307 e. The lowest BCUT2D eigenvalue weighted by molar-refractivity contribution is -0.136. The Balaban J connectivity index is 1.27. The number of amides is 2. The van der Waals surface area contributed by atoms with E-state index in [0.717, 1.165) is 32.2 Å². The fraction of sp³-hybridized carbons (Fsp3) is 0.500. The summed E-state index contributed by atoms with van der Waals surface area (Å²) in [6.45, 7) is 4.98. The maximum absolute atomic E-state index is 13.8. The van der Waals surface area contributed by atoms with E-state index in [2.05, 4.69) is 33.2 Å². The van der Waals surface area contributed by atoms with Crippen LogP contribution in [-0.4, -0.2) is 101 Å². The van der Waals surface area contributed by atoms with Crippen LogP contribution in [0.1, 0.15) is 33.7 Å². The van der Waals surface area contributed by atoms with E-state index in [9.17, 15) is 18.0 Å². The number of hydrogen-bond donors (Lipinski definition) is 1. The van der Waals surface area contributed by atoms with Gasteiger partial charge in [-0.3, -0.25) is 9.59 Å². The molecule has 0 aliphatic carbocycles. The second-order valence-corrected chi connectivity index (χ2v) is 14.3. The Hall–Kier alpha value is -2.36. The van der Waals surface area contributed by atoms with Gasteiger partial charge in [0.05, 0.1) is 24.9 Å². The predicted molar refractivity (Wildman–Crippen MR) is 154 cm³/mol. The molecular weight excluding hydrogens is 620 g/mol. The number of hydrogen-bond acceptors (Lipinski definition) is 8. The zero-order valence-electron chi connectivity index (χ0n) is 22.1. The molecule has 2 atom stereocenters. The summed E-state index contributed by atoms with van der Waals surface area (Å²) in [5.41, 5.74) is 0.938. The molecule has 3 aromatic rings. The van der Waals surface area contributed by atoms with Crippen molar-refractivity contribution in [2.75, 3.05) is 45.9 Å². The highest BCUT2D eigenvalue weighted by Crippen LogP contribution is 2.28. The van der Waals surface area contributed by atoms with Gasteiger partial charge >= 0.3 is 10.2 Å². The summed E-state index contributed by atoms with van der Waals surface area (Å²) >= 11 is 4.81. The van der Waals surface area contributed by atoms with Crippen molar-refractivity contribution >= 4 is 60.1 Å². The monoisotopic (exact) mass is 650 g/mol. The van der Waals surface area contributed by atoms with E-state index < -0.39 is 16.3 Å². The Kier molecular flexibility index (Phi) is 7.74. The molecule has 11 nitrogen and oxygen atoms in total. The molecule has 2 amide bonds. The largest absolute Gasteiger partial charge is 0.378 e. The first-order chi connectivity index (χ1) is 19.2. The lowest BCUT2D eigenvalue weighted by atomic mass is 10.1. The number of piperazine rings is 1. The van der Waals surface area contributed by atoms with Crippen molar-refractivity contribution in [3.05, 3.63) is 50.6 Å². The van der Waals surface area contributed by atoms with Crippen LogP contribution in [0.2, 0.25) is 0 Å². The van der Waals surface area contributed by atoms with Gasteiger partial charge in [0.1, 0.15) is 0 Å². The quantitative estimate of drug-likeness (QED) is 0.449. The number of fused-ring (bicyclic) bond motifs is 2. The second kappa shape index (κ2) is 11.1. The Morgan fingerprint density at radius 3 is 2.73 bits per heavy atom. The van der Waals surface area contributed by atoms with Crippen molar-refractivity contribution < 1.29 is 22.7 Å². The molecule has 2 fully saturated rings. The van der Waals surface area contributed by atoms with Gasteiger partial charge in [-0.15, -0.1) is 11.3 Å². The summed E-state index contributed by atoms with van der Waals surface area (Å²) in [5.74, 6) is -0.362. The Morgan fingerprint density at radius 1 is 1.15 bits per heavy atom. The van der Waals surface area contributed by atoms with Crippen molar-refractivity contribution in [3.8, 4) is 0 Å². The van der Waals surface area contributed by atoms with Crippen LogP contribution in [0.5, 0.6) is 0 Å². The van der Waals surface area contributed by atoms with Crippen LogP contribution >= 0.6 is 27.3 Å². The molecule has 3 aliphatic heterocycles. The first-order valence-electron chi connectivity index (χ1n) is 13.4. The van der Waals surface area contributed by atoms with Crippen molar-refractivity contribution in [1.82, 2.24) is 28.4 Å². The van der Waals surface area contributed by atoms with Crippen LogP contribution in [0, 0.1) is 0 Å². The Labute approximate surface area is 245 Å². The van der Waals surface area contributed by atoms with E-state index in [1.807, 2.05) is 18.2 Å². The van der Waals surface area contributed by atoms with Gasteiger partial charge in [-0.1, -0.05) is 22.0 Å². The molecule has 0 bridgehead atoms. The van der Waals surface area contributed by atoms with E-state index in [0.29, 0.717) is 37.9 Å². The maximum Gasteiger partial charge on any atom is 0.307 e. The number of halogens is 1. The molecule has 0 radical (unpaired) electrons. The summed E-state index contributed by atoms with van der Waals surface area (Å²) in [4.78, 5) is 36.1. The van der Waals surface area contributed by atoms with Gasteiger partial charge in [0.25, 0.3) is 5.91 Å². The molecule has 40 heavy (non-hydrogen) atoms. The molecule has 2 saturated heterocycles. The zero-order valence-corrected chi connectivity index (χ0v) is 25.3. The lowest BCUT2D eigenvalue weighted by Gasteiger charge is -2.41. The summed E-state index contributed by atoms with van der Waals surface area (Å²) < 4.78 is 36.3. The second-order valence-electron chi connectivity index (χ2n) is 10.5. The van der Waals surface area contributed by atoms with Gasteiger partial charge in [0.15, 0.2) is 5.01 Å². The Bertz CT molecular complexity index is 1550. The van der Waals surface area contributed by atoms with Gasteiger partial charge in [0, 0.05) is 90.7 Å². The minimum atomic E-state index is -3.92. The molecule has 2 unspecified atom stereocenters. The lowest BCUT2D eigenvalue weighted by Crippen LogP contribution is -2.58. The topological polar surface area (TPSA) is 117 Å². The Morgan fingerprint density at radius 2 is 1.93 bits per heavy atom. The average Bonchev–Trinajstić information content (AvgIpc) is 3.57. The number of rotatable bonds is 5. The van der Waals surface area contributed by atoms with E-state index in [-0.39, 0.29) is 43.9 Å². The first kappa shape index (κ1) is 27.8. The van der Waals surface area contributed by atoms with Gasteiger partial charge in [-0.25, -0.2) is 8.96 Å². The number of aromatic nitrogens is 2. The molecule has 5 heterocycles. The number of morpholine rings is 1. The van der Waals surface area contributed by atoms with E-state index in [4.69, 9.17) is 4.74 Å². The minimum Gasteiger partial charge on any atom is -0.378 e. The minimum absolute atomic E-state index is 0.0199. The van der Waals surface area contributed by atoms with Crippen molar-refractivity contribution in [3.63, 3.8) is 0 Å². The first-order valence-corrected chi connectivity index (χ1v) is 16.4. The molecule has 0 spiro atoms. The number of carbonyl (C=O) groups excluding carboxylic acids is 2. The zero-order chi connectivity index (χ0) is 28.0. The summed E-state index contributed by atoms with van der Waals surface area (Å²) in [6, 6.07) is 5.26. The fourth-order valence-electron chi connectivity index (χ4n) is 5.50.